The minimum absolute atomic E-state index is 0.156. The van der Waals surface area contributed by atoms with E-state index in [0.717, 1.165) is 12.1 Å². The van der Waals surface area contributed by atoms with Crippen LogP contribution in [0.15, 0.2) is 12.1 Å². The fraction of sp³-hybridized carbons (Fsp3) is 0. The highest BCUT2D eigenvalue weighted by Crippen LogP contribution is 2.26. The molecule has 0 aliphatic rings. The lowest BCUT2D eigenvalue weighted by molar-refractivity contribution is 0.614. The molecule has 0 aliphatic heterocycles. The first kappa shape index (κ1) is 9.55. The van der Waals surface area contributed by atoms with Gasteiger partial charge in [-0.1, -0.05) is 11.6 Å². The molecule has 2 nitrogen and oxygen atoms in total. The van der Waals surface area contributed by atoms with Gasteiger partial charge in [-0.25, -0.2) is 18.7 Å². The molecule has 0 N–H and O–H groups in total. The minimum atomic E-state index is -0.687. The van der Waals surface area contributed by atoms with Gasteiger partial charge in [-0.2, -0.15) is 0 Å². The summed E-state index contributed by atoms with van der Waals surface area (Å²) in [7, 11) is 0. The van der Waals surface area contributed by atoms with Gasteiger partial charge in [0.05, 0.1) is 5.39 Å². The maximum atomic E-state index is 13.2. The van der Waals surface area contributed by atoms with E-state index in [9.17, 15) is 8.78 Å². The maximum absolute atomic E-state index is 13.2. The van der Waals surface area contributed by atoms with E-state index in [1.165, 1.54) is 0 Å². The molecule has 0 saturated heterocycles. The molecule has 1 aromatic heterocycles. The third-order valence-electron chi connectivity index (χ3n) is 1.68. The number of halogens is 4. The van der Waals surface area contributed by atoms with Crippen LogP contribution in [0.1, 0.15) is 0 Å². The lowest BCUT2D eigenvalue weighted by atomic mass is 10.2. The van der Waals surface area contributed by atoms with Gasteiger partial charge >= 0.3 is 0 Å². The summed E-state index contributed by atoms with van der Waals surface area (Å²) in [5.41, 5.74) is -0.213. The van der Waals surface area contributed by atoms with E-state index in [-0.39, 0.29) is 21.3 Å². The van der Waals surface area contributed by atoms with Crippen LogP contribution in [-0.2, 0) is 0 Å². The average molecular weight is 235 g/mol. The van der Waals surface area contributed by atoms with Crippen molar-refractivity contribution in [3.8, 4) is 0 Å². The molecule has 0 bridgehead atoms. The first-order valence-electron chi connectivity index (χ1n) is 3.56. The molecule has 0 unspecified atom stereocenters. The number of hydrogen-bond donors (Lipinski definition) is 0. The summed E-state index contributed by atoms with van der Waals surface area (Å²) in [6.07, 6.45) is 0. The molecule has 0 saturated carbocycles. The van der Waals surface area contributed by atoms with Crippen LogP contribution in [-0.4, -0.2) is 9.97 Å². The molecule has 2 aromatic rings. The predicted octanol–water partition coefficient (Wildman–Crippen LogP) is 3.21. The van der Waals surface area contributed by atoms with Crippen molar-refractivity contribution in [2.24, 2.45) is 0 Å². The monoisotopic (exact) mass is 234 g/mol. The largest absolute Gasteiger partial charge is 0.224 e. The lowest BCUT2D eigenvalue weighted by Crippen LogP contribution is -1.92. The molecular weight excluding hydrogens is 233 g/mol. The average Bonchev–Trinajstić information content (AvgIpc) is 2.10. The van der Waals surface area contributed by atoms with Crippen LogP contribution in [0.3, 0.4) is 0 Å². The Morgan fingerprint density at radius 3 is 2.36 bits per heavy atom. The molecule has 14 heavy (non-hydrogen) atoms. The Morgan fingerprint density at radius 2 is 1.64 bits per heavy atom. The fourth-order valence-corrected chi connectivity index (χ4v) is 1.57. The smallest absolute Gasteiger partial charge is 0.215 e. The molecule has 0 atom stereocenters. The van der Waals surface area contributed by atoms with Crippen molar-refractivity contribution >= 4 is 34.1 Å². The molecule has 0 spiro atoms. The number of hydrogen-bond acceptors (Lipinski definition) is 2. The van der Waals surface area contributed by atoms with Crippen molar-refractivity contribution in [1.82, 2.24) is 9.97 Å². The summed E-state index contributed by atoms with van der Waals surface area (Å²) in [6.45, 7) is 0. The summed E-state index contributed by atoms with van der Waals surface area (Å²) < 4.78 is 26.3. The van der Waals surface area contributed by atoms with Crippen LogP contribution >= 0.6 is 23.2 Å². The molecule has 0 fully saturated rings. The Labute approximate surface area is 87.5 Å². The molecular formula is C8H2Cl2F2N2. The second-order valence-electron chi connectivity index (χ2n) is 2.54. The van der Waals surface area contributed by atoms with Gasteiger partial charge in [-0.05, 0) is 23.7 Å². The van der Waals surface area contributed by atoms with E-state index in [0.29, 0.717) is 0 Å². The summed E-state index contributed by atoms with van der Waals surface area (Å²) in [5, 5.41) is -0.569. The number of rotatable bonds is 0. The van der Waals surface area contributed by atoms with Gasteiger partial charge in [-0.3, -0.25) is 0 Å². The van der Waals surface area contributed by atoms with Crippen molar-refractivity contribution in [3.05, 3.63) is 34.2 Å². The second kappa shape index (κ2) is 3.29. The summed E-state index contributed by atoms with van der Waals surface area (Å²) >= 11 is 11.0. The number of aromatic nitrogens is 2. The molecule has 0 amide bonds. The van der Waals surface area contributed by atoms with Crippen LogP contribution < -0.4 is 0 Å². The number of fused-ring (bicyclic) bond motifs is 1. The molecule has 2 rings (SSSR count). The van der Waals surface area contributed by atoms with E-state index in [1.54, 1.807) is 0 Å². The van der Waals surface area contributed by atoms with Crippen molar-refractivity contribution < 1.29 is 8.78 Å². The summed E-state index contributed by atoms with van der Waals surface area (Å²) in [5.74, 6) is -1.37. The first-order valence-corrected chi connectivity index (χ1v) is 4.32. The lowest BCUT2D eigenvalue weighted by Gasteiger charge is -2.01. The Morgan fingerprint density at radius 1 is 1.00 bits per heavy atom. The van der Waals surface area contributed by atoms with Crippen LogP contribution in [0.25, 0.3) is 10.9 Å². The van der Waals surface area contributed by atoms with Gasteiger partial charge in [0.15, 0.2) is 0 Å². The molecule has 6 heteroatoms. The van der Waals surface area contributed by atoms with Crippen LogP contribution in [0, 0.1) is 11.6 Å². The molecule has 0 aliphatic carbocycles. The highest BCUT2D eigenvalue weighted by molar-refractivity contribution is 6.35. The van der Waals surface area contributed by atoms with E-state index in [2.05, 4.69) is 9.97 Å². The van der Waals surface area contributed by atoms with Crippen molar-refractivity contribution in [2.75, 3.05) is 0 Å². The molecule has 1 aromatic carbocycles. The minimum Gasteiger partial charge on any atom is -0.215 e. The SMILES string of the molecule is Fc1ccc(F)c2c(Cl)nc(Cl)nc12. The molecule has 0 radical (unpaired) electrons. The fourth-order valence-electron chi connectivity index (χ4n) is 1.10. The Bertz CT molecular complexity index is 516. The first-order chi connectivity index (χ1) is 6.59. The van der Waals surface area contributed by atoms with E-state index >= 15 is 0 Å². The van der Waals surface area contributed by atoms with E-state index in [4.69, 9.17) is 23.2 Å². The van der Waals surface area contributed by atoms with E-state index in [1.807, 2.05) is 0 Å². The topological polar surface area (TPSA) is 25.8 Å². The Balaban J connectivity index is 3.00. The van der Waals surface area contributed by atoms with E-state index < -0.39 is 11.6 Å². The van der Waals surface area contributed by atoms with Crippen molar-refractivity contribution in [3.63, 3.8) is 0 Å². The Hall–Kier alpha value is -1.00. The third-order valence-corrected chi connectivity index (χ3v) is 2.12. The quantitative estimate of drug-likeness (QED) is 0.517. The number of benzene rings is 1. The van der Waals surface area contributed by atoms with Crippen LogP contribution in [0.4, 0.5) is 8.78 Å². The normalized spacial score (nSPS) is 10.9. The Kier molecular flexibility index (Phi) is 2.25. The maximum Gasteiger partial charge on any atom is 0.224 e. The van der Waals surface area contributed by atoms with Gasteiger partial charge in [0, 0.05) is 0 Å². The van der Waals surface area contributed by atoms with Crippen molar-refractivity contribution in [1.29, 1.82) is 0 Å². The standard InChI is InChI=1S/C8H2Cl2F2N2/c9-7-5-3(11)1-2-4(12)6(5)13-8(10)14-7/h1-2H. The second-order valence-corrected chi connectivity index (χ2v) is 3.23. The predicted molar refractivity (Wildman–Crippen MR) is 49.5 cm³/mol. The number of nitrogens with zero attached hydrogens (tertiary/aromatic N) is 2. The zero-order valence-corrected chi connectivity index (χ0v) is 8.07. The van der Waals surface area contributed by atoms with Crippen molar-refractivity contribution in [2.45, 2.75) is 0 Å². The van der Waals surface area contributed by atoms with Crippen LogP contribution in [0.2, 0.25) is 10.4 Å². The third kappa shape index (κ3) is 1.40. The van der Waals surface area contributed by atoms with Gasteiger partial charge in [0.1, 0.15) is 22.3 Å². The van der Waals surface area contributed by atoms with Crippen LogP contribution in [0.5, 0.6) is 0 Å². The van der Waals surface area contributed by atoms with Gasteiger partial charge in [0.25, 0.3) is 0 Å². The van der Waals surface area contributed by atoms with Gasteiger partial charge in [0.2, 0.25) is 5.28 Å². The highest BCUT2D eigenvalue weighted by Gasteiger charge is 2.13. The molecule has 1 heterocycles. The molecule has 72 valence electrons. The van der Waals surface area contributed by atoms with Gasteiger partial charge in [-0.15, -0.1) is 0 Å². The zero-order chi connectivity index (χ0) is 10.3. The van der Waals surface area contributed by atoms with Gasteiger partial charge < -0.3 is 0 Å². The summed E-state index contributed by atoms with van der Waals surface area (Å²) in [4.78, 5) is 7.07. The zero-order valence-electron chi connectivity index (χ0n) is 6.56. The highest BCUT2D eigenvalue weighted by atomic mass is 35.5. The summed E-state index contributed by atoms with van der Waals surface area (Å²) in [6, 6.07) is 1.91.